The summed E-state index contributed by atoms with van der Waals surface area (Å²) < 4.78 is 1.97. The molecule has 0 aliphatic carbocycles. The molecule has 2 nitrogen and oxygen atoms in total. The van der Waals surface area contributed by atoms with E-state index in [1.54, 1.807) is 0 Å². The zero-order valence-corrected chi connectivity index (χ0v) is 23.6. The molecule has 2 heteroatoms. The lowest BCUT2D eigenvalue weighted by atomic mass is 10.1. The first kappa shape index (κ1) is 27.1. The van der Waals surface area contributed by atoms with Crippen LogP contribution in [0.2, 0.25) is 0 Å². The highest BCUT2D eigenvalue weighted by molar-refractivity contribution is 5.74. The van der Waals surface area contributed by atoms with Crippen LogP contribution in [0.3, 0.4) is 0 Å². The average molecular weight is 549 g/mol. The fraction of sp³-hybridized carbons (Fsp3) is 0. The molecule has 1 heterocycles. The molecule has 0 saturated heterocycles. The number of hydrogen-bond donors (Lipinski definition) is 0. The van der Waals surface area contributed by atoms with Crippen LogP contribution in [-0.2, 0) is 0 Å². The number of aromatic nitrogens is 2. The Kier molecular flexibility index (Phi) is 8.52. The maximum atomic E-state index is 4.92. The van der Waals surface area contributed by atoms with Gasteiger partial charge in [0.2, 0.25) is 0 Å². The topological polar surface area (TPSA) is 17.8 Å². The molecule has 0 N–H and O–H groups in total. The molecule has 6 rings (SSSR count). The largest absolute Gasteiger partial charge is 0.233 e. The van der Waals surface area contributed by atoms with Crippen molar-refractivity contribution < 1.29 is 0 Å². The van der Waals surface area contributed by atoms with Crippen LogP contribution in [0.1, 0.15) is 44.8 Å². The van der Waals surface area contributed by atoms with Gasteiger partial charge in [0.05, 0.1) is 17.1 Å². The minimum absolute atomic E-state index is 0.867. The van der Waals surface area contributed by atoms with Gasteiger partial charge in [0.15, 0.2) is 0 Å². The molecule has 0 aliphatic rings. The van der Waals surface area contributed by atoms with Crippen molar-refractivity contribution in [2.24, 2.45) is 0 Å². The second-order valence-corrected chi connectivity index (χ2v) is 9.89. The molecule has 5 aromatic carbocycles. The third kappa shape index (κ3) is 7.56. The van der Waals surface area contributed by atoms with Gasteiger partial charge in [-0.25, -0.2) is 4.68 Å². The summed E-state index contributed by atoms with van der Waals surface area (Å²) in [7, 11) is 0. The van der Waals surface area contributed by atoms with Gasteiger partial charge in [0, 0.05) is 22.3 Å². The van der Waals surface area contributed by atoms with Crippen molar-refractivity contribution in [1.29, 1.82) is 0 Å². The minimum atomic E-state index is 0.867. The Morgan fingerprint density at radius 2 is 0.884 bits per heavy atom. The van der Waals surface area contributed by atoms with Crippen molar-refractivity contribution in [2.45, 2.75) is 0 Å². The van der Waals surface area contributed by atoms with Gasteiger partial charge in [-0.05, 0) is 90.0 Å². The molecule has 0 atom stereocenters. The van der Waals surface area contributed by atoms with Gasteiger partial charge in [-0.15, -0.1) is 0 Å². The fourth-order valence-electron chi connectivity index (χ4n) is 4.53. The SMILES string of the molecule is C(#Cc1cccc(C=Cc2cc(C=Cc3cccc(C#Cc4ccccc4)c3)n(-c3ccccc3)n2)c1)c1ccccc1. The van der Waals surface area contributed by atoms with E-state index in [2.05, 4.69) is 84.4 Å². The lowest BCUT2D eigenvalue weighted by Crippen LogP contribution is -1.98. The van der Waals surface area contributed by atoms with E-state index in [9.17, 15) is 0 Å². The molecule has 0 saturated carbocycles. The smallest absolute Gasteiger partial charge is 0.0861 e. The van der Waals surface area contributed by atoms with E-state index in [1.165, 1.54) is 0 Å². The zero-order chi connectivity index (χ0) is 29.1. The lowest BCUT2D eigenvalue weighted by molar-refractivity contribution is 0.867. The molecule has 6 aromatic rings. The summed E-state index contributed by atoms with van der Waals surface area (Å²) in [6.07, 6.45) is 8.32. The minimum Gasteiger partial charge on any atom is -0.233 e. The Labute approximate surface area is 253 Å². The van der Waals surface area contributed by atoms with E-state index < -0.39 is 0 Å². The van der Waals surface area contributed by atoms with Crippen molar-refractivity contribution in [3.8, 4) is 29.4 Å². The maximum absolute atomic E-state index is 4.92. The van der Waals surface area contributed by atoms with Gasteiger partial charge < -0.3 is 0 Å². The van der Waals surface area contributed by atoms with Crippen LogP contribution in [0.4, 0.5) is 0 Å². The van der Waals surface area contributed by atoms with E-state index in [0.29, 0.717) is 0 Å². The van der Waals surface area contributed by atoms with Crippen molar-refractivity contribution in [3.63, 3.8) is 0 Å². The highest BCUT2D eigenvalue weighted by Gasteiger charge is 2.06. The van der Waals surface area contributed by atoms with Crippen LogP contribution >= 0.6 is 0 Å². The zero-order valence-electron chi connectivity index (χ0n) is 23.6. The molecule has 0 spiro atoms. The third-order valence-corrected chi connectivity index (χ3v) is 6.67. The van der Waals surface area contributed by atoms with Gasteiger partial charge in [0.1, 0.15) is 0 Å². The Hall–Kier alpha value is -6.09. The van der Waals surface area contributed by atoms with E-state index >= 15 is 0 Å². The second-order valence-electron chi connectivity index (χ2n) is 9.89. The fourth-order valence-corrected chi connectivity index (χ4v) is 4.53. The molecule has 0 radical (unpaired) electrons. The number of rotatable bonds is 5. The highest BCUT2D eigenvalue weighted by Crippen LogP contribution is 2.18. The molecule has 0 fully saturated rings. The molecular formula is C41H28N2. The highest BCUT2D eigenvalue weighted by atomic mass is 15.3. The summed E-state index contributed by atoms with van der Waals surface area (Å²) in [4.78, 5) is 0. The molecule has 0 bridgehead atoms. The quantitative estimate of drug-likeness (QED) is 0.197. The van der Waals surface area contributed by atoms with Crippen molar-refractivity contribution >= 4 is 24.3 Å². The maximum Gasteiger partial charge on any atom is 0.0861 e. The Bertz CT molecular complexity index is 2010. The summed E-state index contributed by atoms with van der Waals surface area (Å²) in [5.41, 5.74) is 8.95. The van der Waals surface area contributed by atoms with Crippen LogP contribution in [0.5, 0.6) is 0 Å². The normalized spacial score (nSPS) is 10.7. The lowest BCUT2D eigenvalue weighted by Gasteiger charge is -2.04. The summed E-state index contributed by atoms with van der Waals surface area (Å²) >= 11 is 0. The van der Waals surface area contributed by atoms with Crippen molar-refractivity contribution in [1.82, 2.24) is 9.78 Å². The molecule has 0 unspecified atom stereocenters. The van der Waals surface area contributed by atoms with Gasteiger partial charge >= 0.3 is 0 Å². The Balaban J connectivity index is 1.25. The number of para-hydroxylation sites is 1. The van der Waals surface area contributed by atoms with Gasteiger partial charge in [0.25, 0.3) is 0 Å². The van der Waals surface area contributed by atoms with Crippen LogP contribution in [0.15, 0.2) is 146 Å². The monoisotopic (exact) mass is 548 g/mol. The van der Waals surface area contributed by atoms with Crippen molar-refractivity contribution in [3.05, 3.63) is 190 Å². The molecule has 1 aromatic heterocycles. The average Bonchev–Trinajstić information content (AvgIpc) is 3.49. The standard InChI is InChI=1S/C41H28N2/c1-4-12-33(13-5-1)22-24-35-16-10-18-37(30-35)26-28-39-32-41(43(42-39)40-20-8-3-9-21-40)29-27-38-19-11-17-36(31-38)25-23-34-14-6-2-7-15-34/h1-21,26-32H. The van der Waals surface area contributed by atoms with E-state index in [-0.39, 0.29) is 0 Å². The summed E-state index contributed by atoms with van der Waals surface area (Å²) in [6, 6.07) is 48.8. The van der Waals surface area contributed by atoms with Crippen molar-refractivity contribution in [2.75, 3.05) is 0 Å². The van der Waals surface area contributed by atoms with Crippen LogP contribution in [-0.4, -0.2) is 9.78 Å². The second kappa shape index (κ2) is 13.5. The molecular weight excluding hydrogens is 520 g/mol. The molecule has 0 aliphatic heterocycles. The summed E-state index contributed by atoms with van der Waals surface area (Å²) in [5, 5.41) is 4.92. The Morgan fingerprint density at radius 3 is 1.44 bits per heavy atom. The number of benzene rings is 5. The summed E-state index contributed by atoms with van der Waals surface area (Å²) in [5.74, 6) is 13.0. The first-order chi connectivity index (χ1) is 21.3. The van der Waals surface area contributed by atoms with Gasteiger partial charge in [-0.3, -0.25) is 0 Å². The number of nitrogens with zero attached hydrogens (tertiary/aromatic N) is 2. The molecule has 43 heavy (non-hydrogen) atoms. The van der Waals surface area contributed by atoms with Crippen LogP contribution < -0.4 is 0 Å². The first-order valence-electron chi connectivity index (χ1n) is 14.1. The first-order valence-corrected chi connectivity index (χ1v) is 14.1. The predicted octanol–water partition coefficient (Wildman–Crippen LogP) is 9.01. The summed E-state index contributed by atoms with van der Waals surface area (Å²) in [6.45, 7) is 0. The van der Waals surface area contributed by atoms with Gasteiger partial charge in [-0.2, -0.15) is 5.10 Å². The van der Waals surface area contributed by atoms with E-state index in [0.717, 1.165) is 50.5 Å². The Morgan fingerprint density at radius 1 is 0.419 bits per heavy atom. The van der Waals surface area contributed by atoms with Crippen LogP contribution in [0, 0.1) is 23.7 Å². The third-order valence-electron chi connectivity index (χ3n) is 6.67. The number of hydrogen-bond acceptors (Lipinski definition) is 1. The molecule has 0 amide bonds. The van der Waals surface area contributed by atoms with E-state index in [1.807, 2.05) is 114 Å². The van der Waals surface area contributed by atoms with Crippen LogP contribution in [0.25, 0.3) is 30.0 Å². The predicted molar refractivity (Wildman–Crippen MR) is 179 cm³/mol. The van der Waals surface area contributed by atoms with Gasteiger partial charge in [-0.1, -0.05) is 115 Å². The van der Waals surface area contributed by atoms with E-state index in [4.69, 9.17) is 5.10 Å². The molecule has 202 valence electrons.